The van der Waals surface area contributed by atoms with Crippen LogP contribution in [-0.4, -0.2) is 56.9 Å². The molecule has 2 aromatic carbocycles. The molecule has 44 heavy (non-hydrogen) atoms. The number of ether oxygens (including phenoxy) is 1. The summed E-state index contributed by atoms with van der Waals surface area (Å²) in [4.78, 5) is 43.2. The zero-order valence-corrected chi connectivity index (χ0v) is 24.9. The molecule has 0 radical (unpaired) electrons. The second-order valence-corrected chi connectivity index (χ2v) is 12.8. The van der Waals surface area contributed by atoms with E-state index in [0.717, 1.165) is 88.1 Å². The maximum atomic E-state index is 14.6. The van der Waals surface area contributed by atoms with Gasteiger partial charge in [-0.3, -0.25) is 9.69 Å². The monoisotopic (exact) mass is 599 g/mol. The van der Waals surface area contributed by atoms with Crippen LogP contribution in [0.25, 0.3) is 11.0 Å². The SMILES string of the molecule is CC(=O)NC(c1cc(F)ccc1Oc1cncnc1N1CCC2(CCN(Cc3ccc4[nH]c(=O)[nH]c4c3)C2)C1)C1CCCC1. The first-order chi connectivity index (χ1) is 21.3. The Labute approximate surface area is 255 Å². The molecule has 1 aliphatic carbocycles. The van der Waals surface area contributed by atoms with Gasteiger partial charge in [-0.1, -0.05) is 18.9 Å². The first kappa shape index (κ1) is 28.5. The molecule has 4 aromatic rings. The number of imidazole rings is 1. The third kappa shape index (κ3) is 5.80. The van der Waals surface area contributed by atoms with Gasteiger partial charge < -0.3 is 24.9 Å². The highest BCUT2D eigenvalue weighted by atomic mass is 19.1. The zero-order valence-electron chi connectivity index (χ0n) is 24.9. The van der Waals surface area contributed by atoms with Crippen molar-refractivity contribution in [3.05, 3.63) is 76.4 Å². The Bertz CT molecular complexity index is 1730. The maximum absolute atomic E-state index is 14.6. The zero-order chi connectivity index (χ0) is 30.3. The van der Waals surface area contributed by atoms with Crippen LogP contribution in [-0.2, 0) is 11.3 Å². The van der Waals surface area contributed by atoms with E-state index in [-0.39, 0.29) is 34.8 Å². The van der Waals surface area contributed by atoms with Crippen molar-refractivity contribution in [1.82, 2.24) is 30.2 Å². The predicted molar refractivity (Wildman–Crippen MR) is 165 cm³/mol. The Morgan fingerprint density at radius 1 is 1.09 bits per heavy atom. The molecule has 2 atom stereocenters. The van der Waals surface area contributed by atoms with Crippen LogP contribution in [0.5, 0.6) is 11.5 Å². The lowest BCUT2D eigenvalue weighted by Gasteiger charge is -2.28. The number of carbonyl (C=O) groups is 1. The summed E-state index contributed by atoms with van der Waals surface area (Å²) in [6, 6.07) is 10.3. The predicted octanol–water partition coefficient (Wildman–Crippen LogP) is 5.05. The first-order valence-electron chi connectivity index (χ1n) is 15.6. The summed E-state index contributed by atoms with van der Waals surface area (Å²) < 4.78 is 21.1. The van der Waals surface area contributed by atoms with Gasteiger partial charge in [-0.25, -0.2) is 19.2 Å². The van der Waals surface area contributed by atoms with Gasteiger partial charge in [0.15, 0.2) is 11.6 Å². The maximum Gasteiger partial charge on any atom is 0.323 e. The minimum absolute atomic E-state index is 0.145. The molecule has 11 heteroatoms. The van der Waals surface area contributed by atoms with Crippen molar-refractivity contribution in [2.45, 2.75) is 58.0 Å². The van der Waals surface area contributed by atoms with Crippen molar-refractivity contribution in [2.75, 3.05) is 31.1 Å². The van der Waals surface area contributed by atoms with Gasteiger partial charge in [-0.2, -0.15) is 0 Å². The normalized spacial score (nSPS) is 21.5. The topological polar surface area (TPSA) is 119 Å². The number of nitrogens with one attached hydrogen (secondary N) is 3. The molecule has 1 spiro atoms. The number of likely N-dealkylation sites (tertiary alicyclic amines) is 1. The van der Waals surface area contributed by atoms with Crippen LogP contribution < -0.4 is 20.6 Å². The second-order valence-electron chi connectivity index (χ2n) is 12.8. The van der Waals surface area contributed by atoms with Crippen molar-refractivity contribution in [3.8, 4) is 11.5 Å². The van der Waals surface area contributed by atoms with E-state index in [4.69, 9.17) is 4.74 Å². The summed E-state index contributed by atoms with van der Waals surface area (Å²) >= 11 is 0. The number of fused-ring (bicyclic) bond motifs is 1. The Hall–Kier alpha value is -4.25. The number of halogens is 1. The van der Waals surface area contributed by atoms with Crippen molar-refractivity contribution in [2.24, 2.45) is 11.3 Å². The summed E-state index contributed by atoms with van der Waals surface area (Å²) in [5.74, 6) is 1.48. The molecule has 2 saturated heterocycles. The molecule has 4 heterocycles. The number of nitrogens with zero attached hydrogens (tertiary/aromatic N) is 4. The number of aromatic amines is 2. The fourth-order valence-electron chi connectivity index (χ4n) is 7.60. The summed E-state index contributed by atoms with van der Waals surface area (Å²) in [6.07, 6.45) is 9.51. The standard InChI is InChI=1S/C33H38FN7O3/c1-21(42)37-30(23-4-2-3-5-23)25-15-24(34)7-9-28(25)44-29-16-35-20-36-31(29)41-13-11-33(19-41)10-12-40(18-33)17-22-6-8-26-27(14-22)39-32(43)38-26/h6-9,14-16,20,23,30H,2-5,10-13,17-19H2,1H3,(H,37,42)(H2,38,39,43). The number of carbonyl (C=O) groups excluding carboxylic acids is 1. The van der Waals surface area contributed by atoms with Crippen LogP contribution in [0.2, 0.25) is 0 Å². The van der Waals surface area contributed by atoms with Crippen LogP contribution in [0.3, 0.4) is 0 Å². The van der Waals surface area contributed by atoms with E-state index in [2.05, 4.69) is 47.2 Å². The summed E-state index contributed by atoms with van der Waals surface area (Å²) in [5, 5.41) is 3.08. The fraction of sp³-hybridized carbons (Fsp3) is 0.455. The Morgan fingerprint density at radius 2 is 1.91 bits per heavy atom. The highest BCUT2D eigenvalue weighted by molar-refractivity contribution is 5.75. The summed E-state index contributed by atoms with van der Waals surface area (Å²) in [7, 11) is 0. The minimum Gasteiger partial charge on any atom is -0.451 e. The van der Waals surface area contributed by atoms with E-state index in [1.807, 2.05) is 6.07 Å². The van der Waals surface area contributed by atoms with E-state index in [1.165, 1.54) is 24.6 Å². The molecule has 0 bridgehead atoms. The second kappa shape index (κ2) is 11.7. The van der Waals surface area contributed by atoms with Gasteiger partial charge in [0.25, 0.3) is 0 Å². The molecule has 3 aliphatic rings. The number of H-pyrrole nitrogens is 2. The third-order valence-corrected chi connectivity index (χ3v) is 9.66. The number of benzene rings is 2. The molecule has 10 nitrogen and oxygen atoms in total. The van der Waals surface area contributed by atoms with Gasteiger partial charge in [0.05, 0.1) is 23.3 Å². The summed E-state index contributed by atoms with van der Waals surface area (Å²) in [5.41, 5.74) is 3.44. The molecular weight excluding hydrogens is 561 g/mol. The number of hydrogen-bond donors (Lipinski definition) is 3. The minimum atomic E-state index is -0.362. The quantitative estimate of drug-likeness (QED) is 0.259. The van der Waals surface area contributed by atoms with E-state index < -0.39 is 0 Å². The van der Waals surface area contributed by atoms with E-state index in [1.54, 1.807) is 18.6 Å². The van der Waals surface area contributed by atoms with Crippen LogP contribution in [0, 0.1) is 17.2 Å². The lowest BCUT2D eigenvalue weighted by molar-refractivity contribution is -0.120. The van der Waals surface area contributed by atoms with Crippen molar-refractivity contribution < 1.29 is 13.9 Å². The largest absolute Gasteiger partial charge is 0.451 e. The number of amides is 1. The van der Waals surface area contributed by atoms with Gasteiger partial charge in [-0.15, -0.1) is 0 Å². The van der Waals surface area contributed by atoms with E-state index >= 15 is 0 Å². The molecule has 1 saturated carbocycles. The third-order valence-electron chi connectivity index (χ3n) is 9.66. The van der Waals surface area contributed by atoms with Gasteiger partial charge in [-0.05, 0) is 74.0 Å². The smallest absolute Gasteiger partial charge is 0.323 e. The van der Waals surface area contributed by atoms with Gasteiger partial charge in [0, 0.05) is 44.1 Å². The van der Waals surface area contributed by atoms with Crippen LogP contribution in [0.1, 0.15) is 62.6 Å². The van der Waals surface area contributed by atoms with E-state index in [0.29, 0.717) is 17.1 Å². The highest BCUT2D eigenvalue weighted by Gasteiger charge is 2.44. The molecule has 2 aromatic heterocycles. The summed E-state index contributed by atoms with van der Waals surface area (Å²) in [6.45, 7) is 6.03. The van der Waals surface area contributed by atoms with Crippen LogP contribution in [0.4, 0.5) is 10.2 Å². The lowest BCUT2D eigenvalue weighted by Crippen LogP contribution is -2.31. The van der Waals surface area contributed by atoms with E-state index in [9.17, 15) is 14.0 Å². The molecular formula is C33H38FN7O3. The average Bonchev–Trinajstić information content (AvgIpc) is 3.81. The molecule has 3 N–H and O–H groups in total. The van der Waals surface area contributed by atoms with Gasteiger partial charge in [0.1, 0.15) is 17.9 Å². The molecule has 3 fully saturated rings. The molecule has 2 aliphatic heterocycles. The van der Waals surface area contributed by atoms with Gasteiger partial charge in [0.2, 0.25) is 5.91 Å². The Balaban J connectivity index is 1.08. The fourth-order valence-corrected chi connectivity index (χ4v) is 7.60. The van der Waals surface area contributed by atoms with Crippen molar-refractivity contribution in [1.29, 1.82) is 0 Å². The highest BCUT2D eigenvalue weighted by Crippen LogP contribution is 2.45. The lowest BCUT2D eigenvalue weighted by atomic mass is 9.86. The van der Waals surface area contributed by atoms with Gasteiger partial charge >= 0.3 is 5.69 Å². The Morgan fingerprint density at radius 3 is 2.75 bits per heavy atom. The number of hydrogen-bond acceptors (Lipinski definition) is 7. The first-order valence-corrected chi connectivity index (χ1v) is 15.6. The number of rotatable bonds is 8. The average molecular weight is 600 g/mol. The molecule has 230 valence electrons. The van der Waals surface area contributed by atoms with Crippen molar-refractivity contribution in [3.63, 3.8) is 0 Å². The molecule has 7 rings (SSSR count). The van der Waals surface area contributed by atoms with Crippen LogP contribution >= 0.6 is 0 Å². The molecule has 2 unspecified atom stereocenters. The number of anilines is 1. The number of aromatic nitrogens is 4. The van der Waals surface area contributed by atoms with Crippen molar-refractivity contribution >= 4 is 22.8 Å². The molecule has 1 amide bonds. The Kier molecular flexibility index (Phi) is 7.57. The van der Waals surface area contributed by atoms with Crippen LogP contribution in [0.15, 0.2) is 53.7 Å².